The standard InChI is InChI=1S/C15H19N3/c1-2-11-7-5-6-10-13(11)15-16-14(17-18-15)12-8-3-4-9-12/h5-7,10,12H,2-4,8-9H2,1H3,(H,16,17,18). The van der Waals surface area contributed by atoms with Crippen molar-refractivity contribution in [1.29, 1.82) is 0 Å². The van der Waals surface area contributed by atoms with E-state index in [2.05, 4.69) is 41.4 Å². The van der Waals surface area contributed by atoms with Crippen molar-refractivity contribution in [1.82, 2.24) is 15.2 Å². The molecule has 3 rings (SSSR count). The molecule has 0 spiro atoms. The molecule has 1 saturated carbocycles. The number of rotatable bonds is 3. The number of hydrogen-bond donors (Lipinski definition) is 1. The Morgan fingerprint density at radius 3 is 2.78 bits per heavy atom. The van der Waals surface area contributed by atoms with Gasteiger partial charge in [0.15, 0.2) is 5.82 Å². The first kappa shape index (κ1) is 11.5. The third kappa shape index (κ3) is 2.05. The van der Waals surface area contributed by atoms with E-state index in [0.717, 1.165) is 18.1 Å². The summed E-state index contributed by atoms with van der Waals surface area (Å²) in [5.74, 6) is 2.53. The van der Waals surface area contributed by atoms with Gasteiger partial charge in [-0.3, -0.25) is 5.10 Å². The summed E-state index contributed by atoms with van der Waals surface area (Å²) in [5.41, 5.74) is 2.48. The lowest BCUT2D eigenvalue weighted by Crippen LogP contribution is -1.95. The minimum atomic E-state index is 0.597. The highest BCUT2D eigenvalue weighted by Crippen LogP contribution is 2.33. The SMILES string of the molecule is CCc1ccccc1-c1n[nH]c(C2CCCC2)n1. The maximum atomic E-state index is 4.70. The van der Waals surface area contributed by atoms with Crippen LogP contribution in [0.25, 0.3) is 11.4 Å². The van der Waals surface area contributed by atoms with Crippen LogP contribution in [-0.2, 0) is 6.42 Å². The van der Waals surface area contributed by atoms with Gasteiger partial charge in [-0.1, -0.05) is 44.0 Å². The molecule has 1 heterocycles. The molecule has 0 aliphatic heterocycles. The van der Waals surface area contributed by atoms with Gasteiger partial charge in [-0.2, -0.15) is 5.10 Å². The zero-order valence-electron chi connectivity index (χ0n) is 10.8. The third-order valence-electron chi connectivity index (χ3n) is 3.88. The number of nitrogens with zero attached hydrogens (tertiary/aromatic N) is 2. The fraction of sp³-hybridized carbons (Fsp3) is 0.467. The number of nitrogens with one attached hydrogen (secondary N) is 1. The lowest BCUT2D eigenvalue weighted by molar-refractivity contribution is 0.672. The van der Waals surface area contributed by atoms with Crippen molar-refractivity contribution >= 4 is 0 Å². The molecule has 1 aliphatic carbocycles. The topological polar surface area (TPSA) is 41.6 Å². The number of aromatic amines is 1. The van der Waals surface area contributed by atoms with Gasteiger partial charge in [0.1, 0.15) is 5.82 Å². The molecule has 94 valence electrons. The largest absolute Gasteiger partial charge is 0.262 e. The summed E-state index contributed by atoms with van der Waals surface area (Å²) in [7, 11) is 0. The lowest BCUT2D eigenvalue weighted by atomic mass is 10.0. The predicted molar refractivity (Wildman–Crippen MR) is 72.4 cm³/mol. The molecular formula is C15H19N3. The predicted octanol–water partition coefficient (Wildman–Crippen LogP) is 3.69. The van der Waals surface area contributed by atoms with Gasteiger partial charge in [0.2, 0.25) is 0 Å². The van der Waals surface area contributed by atoms with E-state index in [-0.39, 0.29) is 0 Å². The Kier molecular flexibility index (Phi) is 3.13. The smallest absolute Gasteiger partial charge is 0.181 e. The van der Waals surface area contributed by atoms with Gasteiger partial charge < -0.3 is 0 Å². The second-order valence-electron chi connectivity index (χ2n) is 5.04. The minimum Gasteiger partial charge on any atom is -0.262 e. The zero-order valence-corrected chi connectivity index (χ0v) is 10.8. The van der Waals surface area contributed by atoms with E-state index < -0.39 is 0 Å². The highest BCUT2D eigenvalue weighted by Gasteiger charge is 2.21. The van der Waals surface area contributed by atoms with Gasteiger partial charge >= 0.3 is 0 Å². The molecule has 3 heteroatoms. The Bertz CT molecular complexity index is 524. The van der Waals surface area contributed by atoms with Crippen molar-refractivity contribution in [2.45, 2.75) is 44.9 Å². The molecule has 2 aromatic rings. The van der Waals surface area contributed by atoms with Gasteiger partial charge in [0.25, 0.3) is 0 Å². The van der Waals surface area contributed by atoms with E-state index in [9.17, 15) is 0 Å². The molecule has 3 nitrogen and oxygen atoms in total. The summed E-state index contributed by atoms with van der Waals surface area (Å²) >= 11 is 0. The van der Waals surface area contributed by atoms with E-state index in [0.29, 0.717) is 5.92 Å². The van der Waals surface area contributed by atoms with Gasteiger partial charge in [0.05, 0.1) is 0 Å². The molecule has 1 aromatic heterocycles. The lowest BCUT2D eigenvalue weighted by Gasteiger charge is -2.04. The maximum Gasteiger partial charge on any atom is 0.181 e. The van der Waals surface area contributed by atoms with Crippen LogP contribution in [-0.4, -0.2) is 15.2 Å². The van der Waals surface area contributed by atoms with Crippen LogP contribution in [0.2, 0.25) is 0 Å². The molecule has 0 radical (unpaired) electrons. The molecule has 0 bridgehead atoms. The number of aryl methyl sites for hydroxylation is 1. The molecule has 0 amide bonds. The van der Waals surface area contributed by atoms with Crippen LogP contribution in [0.5, 0.6) is 0 Å². The van der Waals surface area contributed by atoms with E-state index in [1.807, 2.05) is 0 Å². The number of H-pyrrole nitrogens is 1. The number of hydrogen-bond acceptors (Lipinski definition) is 2. The zero-order chi connectivity index (χ0) is 12.4. The molecule has 1 N–H and O–H groups in total. The van der Waals surface area contributed by atoms with E-state index in [4.69, 9.17) is 4.98 Å². The van der Waals surface area contributed by atoms with Crippen molar-refractivity contribution in [2.75, 3.05) is 0 Å². The second-order valence-corrected chi connectivity index (χ2v) is 5.04. The van der Waals surface area contributed by atoms with E-state index >= 15 is 0 Å². The van der Waals surface area contributed by atoms with Crippen molar-refractivity contribution in [3.05, 3.63) is 35.7 Å². The monoisotopic (exact) mass is 241 g/mol. The Labute approximate surface area is 108 Å². The van der Waals surface area contributed by atoms with Crippen LogP contribution < -0.4 is 0 Å². The van der Waals surface area contributed by atoms with E-state index in [1.165, 1.54) is 36.8 Å². The Hall–Kier alpha value is -1.64. The third-order valence-corrected chi connectivity index (χ3v) is 3.88. The van der Waals surface area contributed by atoms with Crippen LogP contribution >= 0.6 is 0 Å². The van der Waals surface area contributed by atoms with Crippen LogP contribution in [0, 0.1) is 0 Å². The summed E-state index contributed by atoms with van der Waals surface area (Å²) in [6.45, 7) is 2.17. The van der Waals surface area contributed by atoms with Crippen LogP contribution in [0.4, 0.5) is 0 Å². The summed E-state index contributed by atoms with van der Waals surface area (Å²) in [6.07, 6.45) is 6.18. The number of benzene rings is 1. The van der Waals surface area contributed by atoms with Gasteiger partial charge in [-0.25, -0.2) is 4.98 Å². The van der Waals surface area contributed by atoms with Crippen molar-refractivity contribution in [3.63, 3.8) is 0 Å². The second kappa shape index (κ2) is 4.92. The molecule has 0 unspecified atom stereocenters. The average molecular weight is 241 g/mol. The maximum absolute atomic E-state index is 4.70. The molecule has 0 saturated heterocycles. The average Bonchev–Trinajstić information content (AvgIpc) is 3.09. The minimum absolute atomic E-state index is 0.597. The van der Waals surface area contributed by atoms with Crippen molar-refractivity contribution < 1.29 is 0 Å². The van der Waals surface area contributed by atoms with Crippen LogP contribution in [0.15, 0.2) is 24.3 Å². The van der Waals surface area contributed by atoms with Crippen molar-refractivity contribution in [2.24, 2.45) is 0 Å². The quantitative estimate of drug-likeness (QED) is 0.890. The Morgan fingerprint density at radius 2 is 2.00 bits per heavy atom. The highest BCUT2D eigenvalue weighted by atomic mass is 15.2. The first-order valence-corrected chi connectivity index (χ1v) is 6.89. The highest BCUT2D eigenvalue weighted by molar-refractivity contribution is 5.59. The first-order valence-electron chi connectivity index (χ1n) is 6.89. The van der Waals surface area contributed by atoms with Crippen LogP contribution in [0.3, 0.4) is 0 Å². The Morgan fingerprint density at radius 1 is 1.22 bits per heavy atom. The van der Waals surface area contributed by atoms with Crippen molar-refractivity contribution in [3.8, 4) is 11.4 Å². The summed E-state index contributed by atoms with van der Waals surface area (Å²) in [6, 6.07) is 8.40. The first-order chi connectivity index (χ1) is 8.88. The fourth-order valence-corrected chi connectivity index (χ4v) is 2.82. The van der Waals surface area contributed by atoms with E-state index in [1.54, 1.807) is 0 Å². The fourth-order valence-electron chi connectivity index (χ4n) is 2.82. The Balaban J connectivity index is 1.92. The van der Waals surface area contributed by atoms with Gasteiger partial charge in [-0.05, 0) is 24.8 Å². The number of aromatic nitrogens is 3. The summed E-state index contributed by atoms with van der Waals surface area (Å²) < 4.78 is 0. The molecule has 1 fully saturated rings. The molecular weight excluding hydrogens is 222 g/mol. The molecule has 18 heavy (non-hydrogen) atoms. The van der Waals surface area contributed by atoms with Gasteiger partial charge in [0, 0.05) is 11.5 Å². The molecule has 0 atom stereocenters. The molecule has 1 aromatic carbocycles. The normalized spacial score (nSPS) is 16.3. The van der Waals surface area contributed by atoms with Crippen LogP contribution in [0.1, 0.15) is 49.9 Å². The molecule has 1 aliphatic rings. The summed E-state index contributed by atoms with van der Waals surface area (Å²) in [5, 5.41) is 7.54. The van der Waals surface area contributed by atoms with Gasteiger partial charge in [-0.15, -0.1) is 0 Å². The summed E-state index contributed by atoms with van der Waals surface area (Å²) in [4.78, 5) is 4.70.